The van der Waals surface area contributed by atoms with E-state index in [1.807, 2.05) is 6.92 Å². The number of carbonyl (C=O) groups is 1. The van der Waals surface area contributed by atoms with Crippen molar-refractivity contribution in [1.29, 1.82) is 0 Å². The highest BCUT2D eigenvalue weighted by Gasteiger charge is 2.14. The average Bonchev–Trinajstić information content (AvgIpc) is 2.59. The summed E-state index contributed by atoms with van der Waals surface area (Å²) in [5.74, 6) is -0.372. The zero-order valence-electron chi connectivity index (χ0n) is 13.1. The molecule has 1 heterocycles. The first-order chi connectivity index (χ1) is 11.5. The molecule has 2 aromatic rings. The molecule has 0 bridgehead atoms. The maximum atomic E-state index is 12.2. The summed E-state index contributed by atoms with van der Waals surface area (Å²) in [5.41, 5.74) is 1.67. The van der Waals surface area contributed by atoms with E-state index in [1.165, 1.54) is 24.4 Å². The van der Waals surface area contributed by atoms with Gasteiger partial charge in [0.1, 0.15) is 5.75 Å². The predicted octanol–water partition coefficient (Wildman–Crippen LogP) is 2.71. The third kappa shape index (κ3) is 4.73. The van der Waals surface area contributed by atoms with Gasteiger partial charge in [0.15, 0.2) is 0 Å². The van der Waals surface area contributed by atoms with E-state index in [-0.39, 0.29) is 18.2 Å². The third-order valence-corrected chi connectivity index (χ3v) is 3.45. The van der Waals surface area contributed by atoms with E-state index in [2.05, 4.69) is 15.0 Å². The van der Waals surface area contributed by atoms with Crippen molar-refractivity contribution in [2.45, 2.75) is 26.1 Å². The number of hydrogen-bond acceptors (Lipinski definition) is 4. The zero-order chi connectivity index (χ0) is 17.5. The number of aliphatic hydroxyl groups is 1. The normalized spacial score (nSPS) is 12.0. The minimum Gasteiger partial charge on any atom is -0.435 e. The molecule has 7 heteroatoms. The topological polar surface area (TPSA) is 71.5 Å². The van der Waals surface area contributed by atoms with Crippen molar-refractivity contribution in [3.05, 3.63) is 59.4 Å². The largest absolute Gasteiger partial charge is 0.435 e. The first kappa shape index (κ1) is 17.8. The Bertz CT molecular complexity index is 695. The maximum absolute atomic E-state index is 12.2. The molecule has 0 saturated carbocycles. The van der Waals surface area contributed by atoms with Crippen molar-refractivity contribution in [3.63, 3.8) is 0 Å². The standard InChI is InChI=1S/C17H18F2N2O3/c1-2-11-9-20-7-6-14(11)16(23)21-10-15(22)12-4-3-5-13(8-12)24-17(18)19/h3-9,15,17,22H,2,10H2,1H3,(H,21,23). The van der Waals surface area contributed by atoms with Gasteiger partial charge in [-0.05, 0) is 35.7 Å². The third-order valence-electron chi connectivity index (χ3n) is 3.45. The summed E-state index contributed by atoms with van der Waals surface area (Å²) in [6, 6.07) is 7.35. The minimum atomic E-state index is -2.93. The number of aromatic nitrogens is 1. The molecule has 5 nitrogen and oxygen atoms in total. The number of alkyl halides is 2. The van der Waals surface area contributed by atoms with Crippen molar-refractivity contribution < 1.29 is 23.4 Å². The van der Waals surface area contributed by atoms with Crippen molar-refractivity contribution in [2.24, 2.45) is 0 Å². The first-order valence-corrected chi connectivity index (χ1v) is 7.45. The number of ether oxygens (including phenoxy) is 1. The maximum Gasteiger partial charge on any atom is 0.387 e. The molecular weight excluding hydrogens is 318 g/mol. The summed E-state index contributed by atoms with van der Waals surface area (Å²) in [6.45, 7) is -1.07. The molecule has 1 unspecified atom stereocenters. The molecule has 0 aliphatic heterocycles. The molecule has 0 fully saturated rings. The van der Waals surface area contributed by atoms with Gasteiger partial charge in [0, 0.05) is 24.5 Å². The molecule has 1 aromatic heterocycles. The lowest BCUT2D eigenvalue weighted by Gasteiger charge is -2.14. The van der Waals surface area contributed by atoms with Crippen LogP contribution in [0.15, 0.2) is 42.7 Å². The molecular formula is C17H18F2N2O3. The van der Waals surface area contributed by atoms with E-state index in [0.29, 0.717) is 17.5 Å². The van der Waals surface area contributed by atoms with Gasteiger partial charge in [-0.1, -0.05) is 19.1 Å². The fraction of sp³-hybridized carbons (Fsp3) is 0.294. The molecule has 1 atom stereocenters. The number of nitrogens with one attached hydrogen (secondary N) is 1. The van der Waals surface area contributed by atoms with Gasteiger partial charge in [-0.15, -0.1) is 0 Å². The Morgan fingerprint density at radius 2 is 2.17 bits per heavy atom. The van der Waals surface area contributed by atoms with Crippen LogP contribution in [0.5, 0.6) is 5.75 Å². The van der Waals surface area contributed by atoms with Crippen LogP contribution in [0.1, 0.15) is 34.5 Å². The van der Waals surface area contributed by atoms with Gasteiger partial charge < -0.3 is 15.2 Å². The monoisotopic (exact) mass is 336 g/mol. The molecule has 24 heavy (non-hydrogen) atoms. The van der Waals surface area contributed by atoms with E-state index < -0.39 is 12.7 Å². The van der Waals surface area contributed by atoms with Gasteiger partial charge in [-0.2, -0.15) is 8.78 Å². The van der Waals surface area contributed by atoms with Gasteiger partial charge in [-0.3, -0.25) is 9.78 Å². The van der Waals surface area contributed by atoms with Gasteiger partial charge in [-0.25, -0.2) is 0 Å². The van der Waals surface area contributed by atoms with Gasteiger partial charge in [0.2, 0.25) is 0 Å². The molecule has 0 aliphatic carbocycles. The Morgan fingerprint density at radius 3 is 2.88 bits per heavy atom. The lowest BCUT2D eigenvalue weighted by molar-refractivity contribution is -0.0499. The molecule has 2 rings (SSSR count). The Balaban J connectivity index is 2.00. The summed E-state index contributed by atoms with van der Waals surface area (Å²) in [5, 5.41) is 12.8. The summed E-state index contributed by atoms with van der Waals surface area (Å²) in [4.78, 5) is 16.2. The SMILES string of the molecule is CCc1cnccc1C(=O)NCC(O)c1cccc(OC(F)F)c1. The molecule has 128 valence electrons. The van der Waals surface area contributed by atoms with Gasteiger partial charge in [0.05, 0.1) is 6.10 Å². The van der Waals surface area contributed by atoms with E-state index >= 15 is 0 Å². The highest BCUT2D eigenvalue weighted by atomic mass is 19.3. The van der Waals surface area contributed by atoms with Crippen LogP contribution in [0.25, 0.3) is 0 Å². The number of aryl methyl sites for hydroxylation is 1. The molecule has 1 amide bonds. The summed E-state index contributed by atoms with van der Waals surface area (Å²) >= 11 is 0. The van der Waals surface area contributed by atoms with Crippen molar-refractivity contribution in [1.82, 2.24) is 10.3 Å². The minimum absolute atomic E-state index is 0.0460. The number of carbonyl (C=O) groups excluding carboxylic acids is 1. The highest BCUT2D eigenvalue weighted by Crippen LogP contribution is 2.20. The van der Waals surface area contributed by atoms with E-state index in [4.69, 9.17) is 0 Å². The van der Waals surface area contributed by atoms with E-state index in [1.54, 1.807) is 18.3 Å². The predicted molar refractivity (Wildman–Crippen MR) is 84.0 cm³/mol. The Morgan fingerprint density at radius 1 is 1.38 bits per heavy atom. The zero-order valence-corrected chi connectivity index (χ0v) is 13.1. The van der Waals surface area contributed by atoms with Crippen LogP contribution in [-0.4, -0.2) is 29.2 Å². The van der Waals surface area contributed by atoms with Crippen molar-refractivity contribution in [3.8, 4) is 5.75 Å². The van der Waals surface area contributed by atoms with Crippen LogP contribution in [0.3, 0.4) is 0 Å². The average molecular weight is 336 g/mol. The fourth-order valence-electron chi connectivity index (χ4n) is 2.23. The molecule has 1 aromatic carbocycles. The lowest BCUT2D eigenvalue weighted by Crippen LogP contribution is -2.29. The van der Waals surface area contributed by atoms with E-state index in [0.717, 1.165) is 5.56 Å². The number of benzene rings is 1. The number of pyridine rings is 1. The first-order valence-electron chi connectivity index (χ1n) is 7.45. The molecule has 0 aliphatic rings. The smallest absolute Gasteiger partial charge is 0.387 e. The summed E-state index contributed by atoms with van der Waals surface area (Å²) in [6.07, 6.45) is 2.76. The highest BCUT2D eigenvalue weighted by molar-refractivity contribution is 5.95. The summed E-state index contributed by atoms with van der Waals surface area (Å²) < 4.78 is 28.7. The Kier molecular flexibility index (Phi) is 6.20. The number of aliphatic hydroxyl groups excluding tert-OH is 1. The molecule has 2 N–H and O–H groups in total. The summed E-state index contributed by atoms with van der Waals surface area (Å²) in [7, 11) is 0. The molecule has 0 spiro atoms. The molecule has 0 radical (unpaired) electrons. The van der Waals surface area contributed by atoms with Gasteiger partial charge >= 0.3 is 6.61 Å². The van der Waals surface area contributed by atoms with Crippen LogP contribution in [-0.2, 0) is 6.42 Å². The number of halogens is 2. The Hall–Kier alpha value is -2.54. The van der Waals surface area contributed by atoms with Crippen molar-refractivity contribution >= 4 is 5.91 Å². The van der Waals surface area contributed by atoms with Crippen LogP contribution >= 0.6 is 0 Å². The van der Waals surface area contributed by atoms with E-state index in [9.17, 15) is 18.7 Å². The second-order valence-corrected chi connectivity index (χ2v) is 5.06. The van der Waals surface area contributed by atoms with Gasteiger partial charge in [0.25, 0.3) is 5.91 Å². The quantitative estimate of drug-likeness (QED) is 0.815. The van der Waals surface area contributed by atoms with Crippen LogP contribution in [0, 0.1) is 0 Å². The number of hydrogen-bond donors (Lipinski definition) is 2. The number of amides is 1. The second-order valence-electron chi connectivity index (χ2n) is 5.06. The van der Waals surface area contributed by atoms with Crippen LogP contribution in [0.4, 0.5) is 8.78 Å². The number of nitrogens with zero attached hydrogens (tertiary/aromatic N) is 1. The Labute approximate surface area is 138 Å². The number of rotatable bonds is 7. The lowest BCUT2D eigenvalue weighted by atomic mass is 10.1. The van der Waals surface area contributed by atoms with Crippen molar-refractivity contribution in [2.75, 3.05) is 6.54 Å². The van der Waals surface area contributed by atoms with Crippen LogP contribution < -0.4 is 10.1 Å². The molecule has 0 saturated heterocycles. The van der Waals surface area contributed by atoms with Crippen LogP contribution in [0.2, 0.25) is 0 Å². The second kappa shape index (κ2) is 8.35. The fourth-order valence-corrected chi connectivity index (χ4v) is 2.23.